The Morgan fingerprint density at radius 3 is 2.86 bits per heavy atom. The molecule has 0 radical (unpaired) electrons. The number of anilines is 1. The molecule has 1 aromatic carbocycles. The van der Waals surface area contributed by atoms with Crippen LogP contribution >= 0.6 is 0 Å². The summed E-state index contributed by atoms with van der Waals surface area (Å²) in [5.41, 5.74) is 2.09. The smallest absolute Gasteiger partial charge is 0.175 e. The minimum absolute atomic E-state index is 0.0388. The number of nitrogens with one attached hydrogen (secondary N) is 2. The summed E-state index contributed by atoms with van der Waals surface area (Å²) in [4.78, 5) is 24.2. The van der Waals surface area contributed by atoms with Gasteiger partial charge in [-0.2, -0.15) is 0 Å². The molecule has 0 saturated carbocycles. The van der Waals surface area contributed by atoms with Crippen LogP contribution in [-0.4, -0.2) is 34.5 Å². The molecular formula is C19H14F2N8. The predicted molar refractivity (Wildman–Crippen MR) is 103 cm³/mol. The topological polar surface area (TPSA) is 97.2 Å². The van der Waals surface area contributed by atoms with Crippen molar-refractivity contribution in [1.82, 2.24) is 34.5 Å². The Morgan fingerprint density at radius 1 is 1.10 bits per heavy atom. The molecule has 0 bridgehead atoms. The number of benzene rings is 1. The molecule has 0 amide bonds. The van der Waals surface area contributed by atoms with E-state index in [1.165, 1.54) is 47.7 Å². The number of H-pyrrole nitrogens is 1. The van der Waals surface area contributed by atoms with E-state index in [1.807, 2.05) is 6.92 Å². The van der Waals surface area contributed by atoms with Gasteiger partial charge in [-0.1, -0.05) is 0 Å². The average Bonchev–Trinajstić information content (AvgIpc) is 3.33. The number of hydrogen-bond acceptors (Lipinski definition) is 6. The van der Waals surface area contributed by atoms with Gasteiger partial charge in [0.05, 0.1) is 23.4 Å². The average molecular weight is 392 g/mol. The van der Waals surface area contributed by atoms with Crippen molar-refractivity contribution in [2.75, 3.05) is 5.32 Å². The molecule has 0 spiro atoms. The molecular weight excluding hydrogens is 378 g/mol. The molecule has 0 aliphatic rings. The third-order valence-electron chi connectivity index (χ3n) is 4.55. The van der Waals surface area contributed by atoms with E-state index in [-0.39, 0.29) is 5.82 Å². The van der Waals surface area contributed by atoms with Gasteiger partial charge in [-0.05, 0) is 31.2 Å². The zero-order valence-corrected chi connectivity index (χ0v) is 15.1. The van der Waals surface area contributed by atoms with Gasteiger partial charge < -0.3 is 10.3 Å². The summed E-state index contributed by atoms with van der Waals surface area (Å²) in [6, 6.07) is 6.54. The van der Waals surface area contributed by atoms with E-state index < -0.39 is 17.7 Å². The van der Waals surface area contributed by atoms with Crippen LogP contribution in [0.1, 0.15) is 18.8 Å². The van der Waals surface area contributed by atoms with Crippen molar-refractivity contribution in [1.29, 1.82) is 0 Å². The summed E-state index contributed by atoms with van der Waals surface area (Å²) in [6.45, 7) is 1.84. The molecule has 29 heavy (non-hydrogen) atoms. The maximum Gasteiger partial charge on any atom is 0.175 e. The Labute approximate surface area is 162 Å². The van der Waals surface area contributed by atoms with Crippen LogP contribution in [0.5, 0.6) is 0 Å². The van der Waals surface area contributed by atoms with E-state index in [4.69, 9.17) is 0 Å². The number of hydrogen-bond donors (Lipinski definition) is 2. The fourth-order valence-electron chi connectivity index (χ4n) is 3.26. The largest absolute Gasteiger partial charge is 0.358 e. The molecule has 5 aromatic rings. The van der Waals surface area contributed by atoms with Gasteiger partial charge >= 0.3 is 0 Å². The lowest BCUT2D eigenvalue weighted by atomic mass is 10.3. The van der Waals surface area contributed by atoms with E-state index >= 15 is 0 Å². The van der Waals surface area contributed by atoms with Crippen LogP contribution in [0.25, 0.3) is 28.0 Å². The van der Waals surface area contributed by atoms with Crippen LogP contribution in [0, 0.1) is 11.6 Å². The van der Waals surface area contributed by atoms with Gasteiger partial charge in [0.2, 0.25) is 0 Å². The Bertz CT molecular complexity index is 1340. The zero-order valence-electron chi connectivity index (χ0n) is 15.1. The fraction of sp³-hybridized carbons (Fsp3) is 0.105. The highest BCUT2D eigenvalue weighted by molar-refractivity contribution is 5.82. The lowest BCUT2D eigenvalue weighted by Gasteiger charge is -2.16. The number of rotatable bonds is 4. The van der Waals surface area contributed by atoms with Crippen LogP contribution in [-0.2, 0) is 0 Å². The molecule has 5 rings (SSSR count). The zero-order chi connectivity index (χ0) is 20.0. The first-order valence-electron chi connectivity index (χ1n) is 8.81. The molecule has 10 heteroatoms. The number of pyridine rings is 1. The van der Waals surface area contributed by atoms with Gasteiger partial charge in [0.25, 0.3) is 0 Å². The predicted octanol–water partition coefficient (Wildman–Crippen LogP) is 3.54. The Morgan fingerprint density at radius 2 is 2.00 bits per heavy atom. The third-order valence-corrected chi connectivity index (χ3v) is 4.55. The van der Waals surface area contributed by atoms with Crippen molar-refractivity contribution in [2.45, 2.75) is 13.0 Å². The van der Waals surface area contributed by atoms with Gasteiger partial charge in [0.15, 0.2) is 23.1 Å². The lowest BCUT2D eigenvalue weighted by Crippen LogP contribution is -2.15. The lowest BCUT2D eigenvalue weighted by molar-refractivity contribution is 0.604. The van der Waals surface area contributed by atoms with Gasteiger partial charge in [-0.3, -0.25) is 4.57 Å². The van der Waals surface area contributed by atoms with Crippen molar-refractivity contribution >= 4 is 28.0 Å². The molecule has 1 unspecified atom stereocenters. The molecule has 0 fully saturated rings. The maximum atomic E-state index is 14.6. The normalized spacial score (nSPS) is 12.5. The van der Waals surface area contributed by atoms with Crippen molar-refractivity contribution in [2.24, 2.45) is 0 Å². The van der Waals surface area contributed by atoms with E-state index in [9.17, 15) is 8.78 Å². The Kier molecular flexibility index (Phi) is 3.90. The number of aromatic amines is 1. The number of aromatic nitrogens is 7. The third kappa shape index (κ3) is 2.85. The maximum absolute atomic E-state index is 14.6. The molecule has 0 saturated heterocycles. The van der Waals surface area contributed by atoms with Crippen molar-refractivity contribution in [3.05, 3.63) is 66.6 Å². The summed E-state index contributed by atoms with van der Waals surface area (Å²) in [6.07, 6.45) is 4.41. The van der Waals surface area contributed by atoms with Crippen LogP contribution in [0.2, 0.25) is 0 Å². The van der Waals surface area contributed by atoms with Crippen molar-refractivity contribution in [3.63, 3.8) is 0 Å². The second-order valence-electron chi connectivity index (χ2n) is 6.44. The van der Waals surface area contributed by atoms with Crippen LogP contribution in [0.3, 0.4) is 0 Å². The molecule has 2 N–H and O–H groups in total. The Balaban J connectivity index is 1.67. The number of imidazole rings is 2. The number of nitrogens with zero attached hydrogens (tertiary/aromatic N) is 6. The highest BCUT2D eigenvalue weighted by atomic mass is 19.1. The van der Waals surface area contributed by atoms with E-state index in [2.05, 4.69) is 35.2 Å². The number of halogens is 2. The van der Waals surface area contributed by atoms with Crippen molar-refractivity contribution in [3.8, 4) is 5.82 Å². The van der Waals surface area contributed by atoms with E-state index in [0.29, 0.717) is 33.8 Å². The Hall–Kier alpha value is -3.95. The summed E-state index contributed by atoms with van der Waals surface area (Å²) < 4.78 is 30.0. The quantitative estimate of drug-likeness (QED) is 0.486. The first-order chi connectivity index (χ1) is 14.1. The van der Waals surface area contributed by atoms with Crippen LogP contribution in [0.15, 0.2) is 49.2 Å². The summed E-state index contributed by atoms with van der Waals surface area (Å²) in [5, 5.41) is 3.23. The second kappa shape index (κ2) is 6.59. The standard InChI is InChI=1S/C19H14F2N8/c1-10(27-17-15-16(24-8-23-15)25-9-26-17)18-28-13-5-4-11(20)7-14(13)29(18)19-12(21)3-2-6-22-19/h2-10H,1H3,(H2,23,24,25,26,27). The first kappa shape index (κ1) is 17.2. The van der Waals surface area contributed by atoms with Gasteiger partial charge in [0.1, 0.15) is 23.5 Å². The van der Waals surface area contributed by atoms with Gasteiger partial charge in [0, 0.05) is 12.3 Å². The minimum atomic E-state index is -0.541. The fourth-order valence-corrected chi connectivity index (χ4v) is 3.26. The molecule has 4 heterocycles. The van der Waals surface area contributed by atoms with Crippen molar-refractivity contribution < 1.29 is 8.78 Å². The second-order valence-corrected chi connectivity index (χ2v) is 6.44. The van der Waals surface area contributed by atoms with Gasteiger partial charge in [-0.25, -0.2) is 33.7 Å². The summed E-state index contributed by atoms with van der Waals surface area (Å²) in [5.74, 6) is -0.00481. The van der Waals surface area contributed by atoms with E-state index in [1.54, 1.807) is 6.07 Å². The first-order valence-corrected chi connectivity index (χ1v) is 8.81. The summed E-state index contributed by atoms with van der Waals surface area (Å²) >= 11 is 0. The highest BCUT2D eigenvalue weighted by Gasteiger charge is 2.22. The highest BCUT2D eigenvalue weighted by Crippen LogP contribution is 2.28. The minimum Gasteiger partial charge on any atom is -0.358 e. The number of fused-ring (bicyclic) bond motifs is 2. The molecule has 4 aromatic heterocycles. The molecule has 144 valence electrons. The van der Waals surface area contributed by atoms with Crippen LogP contribution in [0.4, 0.5) is 14.6 Å². The SMILES string of the molecule is CC(Nc1ncnc2[nH]cnc12)c1nc2ccc(F)cc2n1-c1ncccc1F. The molecule has 0 aliphatic heterocycles. The van der Waals surface area contributed by atoms with Crippen LogP contribution < -0.4 is 5.32 Å². The molecule has 0 aliphatic carbocycles. The molecule has 1 atom stereocenters. The monoisotopic (exact) mass is 392 g/mol. The molecule has 8 nitrogen and oxygen atoms in total. The van der Waals surface area contributed by atoms with Gasteiger partial charge in [-0.15, -0.1) is 0 Å². The summed E-state index contributed by atoms with van der Waals surface area (Å²) in [7, 11) is 0. The van der Waals surface area contributed by atoms with E-state index in [0.717, 1.165) is 0 Å².